The second kappa shape index (κ2) is 10.00. The fourth-order valence-corrected chi connectivity index (χ4v) is 1.96. The Morgan fingerprint density at radius 2 is 0.741 bits per heavy atom. The maximum absolute atomic E-state index is 11.8. The lowest BCUT2D eigenvalue weighted by atomic mass is 10.6. The molecule has 2 aromatic heterocycles. The molecule has 0 amide bonds. The molecule has 2 rings (SSSR count). The molecule has 0 radical (unpaired) electrons. The first-order valence-corrected chi connectivity index (χ1v) is 7.46. The highest BCUT2D eigenvalue weighted by atomic mass is 16.3. The van der Waals surface area contributed by atoms with E-state index >= 15 is 0 Å². The number of aromatic nitrogens is 6. The van der Waals surface area contributed by atoms with Gasteiger partial charge in [-0.3, -0.25) is 15.0 Å². The van der Waals surface area contributed by atoms with E-state index in [0.29, 0.717) is 13.7 Å². The Kier molecular flexibility index (Phi) is 8.05. The van der Waals surface area contributed by atoms with E-state index in [0.717, 1.165) is 0 Å². The molecule has 27 heavy (non-hydrogen) atoms. The number of rotatable bonds is 6. The van der Waals surface area contributed by atoms with Crippen molar-refractivity contribution in [1.29, 1.82) is 0 Å². The van der Waals surface area contributed by atoms with E-state index in [1.165, 1.54) is 0 Å². The molecule has 0 saturated carbocycles. The highest BCUT2D eigenvalue weighted by molar-refractivity contribution is 4.79. The van der Waals surface area contributed by atoms with Gasteiger partial charge in [0.05, 0.1) is 39.5 Å². The number of hydrogen-bond acceptors (Lipinski definition) is 9. The number of aliphatic hydroxyl groups is 3. The van der Waals surface area contributed by atoms with Crippen molar-refractivity contribution < 1.29 is 15.3 Å². The Hall–Kier alpha value is -3.30. The zero-order valence-corrected chi connectivity index (χ0v) is 13.9. The lowest BCUT2D eigenvalue weighted by Gasteiger charge is -2.11. The minimum atomic E-state index is -0.887. The lowest BCUT2D eigenvalue weighted by Crippen LogP contribution is -2.55. The average molecular weight is 390 g/mol. The molecule has 0 atom stereocenters. The minimum absolute atomic E-state index is 0.255. The molecule has 0 unspecified atom stereocenters. The van der Waals surface area contributed by atoms with E-state index in [4.69, 9.17) is 15.3 Å². The van der Waals surface area contributed by atoms with Crippen LogP contribution in [0.25, 0.3) is 0 Å². The summed E-state index contributed by atoms with van der Waals surface area (Å²) in [4.78, 5) is 71.2. The van der Waals surface area contributed by atoms with Crippen LogP contribution in [-0.4, -0.2) is 63.8 Å². The van der Waals surface area contributed by atoms with Gasteiger partial charge in [0.1, 0.15) is 0 Å². The van der Waals surface area contributed by atoms with Crippen molar-refractivity contribution in [3.8, 4) is 0 Å². The highest BCUT2D eigenvalue weighted by Gasteiger charge is 2.14. The number of aromatic amines is 3. The van der Waals surface area contributed by atoms with E-state index in [1.807, 2.05) is 0 Å². The summed E-state index contributed by atoms with van der Waals surface area (Å²) in [6.07, 6.45) is 0. The first-order valence-electron chi connectivity index (χ1n) is 7.46. The van der Waals surface area contributed by atoms with Gasteiger partial charge in [0.25, 0.3) is 0 Å². The van der Waals surface area contributed by atoms with Crippen LogP contribution in [0.5, 0.6) is 0 Å². The predicted molar refractivity (Wildman–Crippen MR) is 88.8 cm³/mol. The van der Waals surface area contributed by atoms with Crippen molar-refractivity contribution in [3.63, 3.8) is 0 Å². The second-order valence-electron chi connectivity index (χ2n) is 4.84. The molecule has 0 aliphatic heterocycles. The second-order valence-corrected chi connectivity index (χ2v) is 4.84. The van der Waals surface area contributed by atoms with Gasteiger partial charge in [-0.2, -0.15) is 0 Å². The summed E-state index contributed by atoms with van der Waals surface area (Å²) in [5, 5.41) is 26.4. The standard InChI is InChI=1S/C9H15N3O6.C3H3N3O3/c13-4-1-10-7(16)11(2-5-14)9(18)12(3-6-15)8(10)17;7-1-4-2(8)6-3(9)5-1/h13-15H,1-6H2;(H3,4,5,6,7,8,9). The first-order chi connectivity index (χ1) is 12.8. The lowest BCUT2D eigenvalue weighted by molar-refractivity contribution is 0.239. The molecular formula is C12H18N6O9. The first kappa shape index (κ1) is 21.7. The quantitative estimate of drug-likeness (QED) is 0.275. The zero-order valence-electron chi connectivity index (χ0n) is 13.9. The summed E-state index contributed by atoms with van der Waals surface area (Å²) in [7, 11) is 0. The molecule has 150 valence electrons. The Labute approximate surface area is 147 Å². The van der Waals surface area contributed by atoms with Gasteiger partial charge in [-0.05, 0) is 0 Å². The third-order valence-electron chi connectivity index (χ3n) is 3.04. The van der Waals surface area contributed by atoms with Crippen LogP contribution in [0.1, 0.15) is 0 Å². The van der Waals surface area contributed by atoms with Crippen LogP contribution in [-0.2, 0) is 19.6 Å². The van der Waals surface area contributed by atoms with Crippen LogP contribution >= 0.6 is 0 Å². The maximum atomic E-state index is 11.8. The van der Waals surface area contributed by atoms with Gasteiger partial charge in [-0.1, -0.05) is 0 Å². The number of hydrogen-bond donors (Lipinski definition) is 6. The minimum Gasteiger partial charge on any atom is -0.395 e. The molecule has 0 saturated heterocycles. The molecule has 0 aliphatic rings. The molecule has 0 aromatic carbocycles. The molecule has 0 fully saturated rings. The summed E-state index contributed by atoms with van der Waals surface area (Å²) < 4.78 is 2.06. The van der Waals surface area contributed by atoms with Gasteiger partial charge in [-0.15, -0.1) is 0 Å². The Bertz CT molecular complexity index is 909. The zero-order chi connectivity index (χ0) is 20.6. The predicted octanol–water partition coefficient (Wildman–Crippen LogP) is -6.10. The fraction of sp³-hybridized carbons (Fsp3) is 0.500. The monoisotopic (exact) mass is 390 g/mol. The summed E-state index contributed by atoms with van der Waals surface area (Å²) in [5.41, 5.74) is -5.07. The van der Waals surface area contributed by atoms with Gasteiger partial charge in [0, 0.05) is 0 Å². The molecule has 2 aromatic rings. The van der Waals surface area contributed by atoms with Gasteiger partial charge in [0.2, 0.25) is 0 Å². The topological polar surface area (TPSA) is 225 Å². The van der Waals surface area contributed by atoms with E-state index in [2.05, 4.69) is 0 Å². The van der Waals surface area contributed by atoms with Crippen LogP contribution in [0.15, 0.2) is 28.8 Å². The van der Waals surface area contributed by atoms with E-state index < -0.39 is 54.0 Å². The largest absolute Gasteiger partial charge is 0.395 e. The van der Waals surface area contributed by atoms with Crippen molar-refractivity contribution >= 4 is 0 Å². The summed E-state index contributed by atoms with van der Waals surface area (Å²) in [5.74, 6) is 0. The Morgan fingerprint density at radius 3 is 0.926 bits per heavy atom. The highest BCUT2D eigenvalue weighted by Crippen LogP contribution is 1.76. The summed E-state index contributed by atoms with van der Waals surface area (Å²) in [6, 6.07) is 0. The molecule has 6 N–H and O–H groups in total. The molecule has 0 spiro atoms. The third-order valence-corrected chi connectivity index (χ3v) is 3.04. The Balaban J connectivity index is 0.000000337. The molecular weight excluding hydrogens is 372 g/mol. The Morgan fingerprint density at radius 1 is 0.519 bits per heavy atom. The van der Waals surface area contributed by atoms with Gasteiger partial charge < -0.3 is 15.3 Å². The van der Waals surface area contributed by atoms with Crippen LogP contribution in [0.3, 0.4) is 0 Å². The van der Waals surface area contributed by atoms with Crippen molar-refractivity contribution in [1.82, 2.24) is 28.7 Å². The van der Waals surface area contributed by atoms with Crippen molar-refractivity contribution in [2.45, 2.75) is 19.6 Å². The van der Waals surface area contributed by atoms with Gasteiger partial charge in [0.15, 0.2) is 0 Å². The van der Waals surface area contributed by atoms with Crippen LogP contribution < -0.4 is 34.1 Å². The maximum Gasteiger partial charge on any atom is 0.336 e. The fourth-order valence-electron chi connectivity index (χ4n) is 1.96. The molecule has 0 aliphatic carbocycles. The van der Waals surface area contributed by atoms with Crippen LogP contribution in [0.4, 0.5) is 0 Å². The van der Waals surface area contributed by atoms with Crippen LogP contribution in [0.2, 0.25) is 0 Å². The smallest absolute Gasteiger partial charge is 0.336 e. The molecule has 15 nitrogen and oxygen atoms in total. The van der Waals surface area contributed by atoms with Gasteiger partial charge >= 0.3 is 34.1 Å². The van der Waals surface area contributed by atoms with Crippen molar-refractivity contribution in [3.05, 3.63) is 62.9 Å². The number of H-pyrrole nitrogens is 3. The summed E-state index contributed by atoms with van der Waals surface area (Å²) >= 11 is 0. The molecule has 15 heteroatoms. The molecule has 0 bridgehead atoms. The molecule has 2 heterocycles. The average Bonchev–Trinajstić information content (AvgIpc) is 2.59. The number of nitrogens with one attached hydrogen (secondary N) is 3. The van der Waals surface area contributed by atoms with Crippen molar-refractivity contribution in [2.24, 2.45) is 0 Å². The third kappa shape index (κ3) is 5.59. The van der Waals surface area contributed by atoms with E-state index in [-0.39, 0.29) is 19.6 Å². The van der Waals surface area contributed by atoms with Crippen LogP contribution in [0, 0.1) is 0 Å². The van der Waals surface area contributed by atoms with Gasteiger partial charge in [-0.25, -0.2) is 42.5 Å². The SMILES string of the molecule is O=c1[nH]c(=O)[nH]c(=O)[nH]1.O=c1n(CCO)c(=O)n(CCO)c(=O)n1CCO. The number of aliphatic hydroxyl groups excluding tert-OH is 3. The van der Waals surface area contributed by atoms with Crippen molar-refractivity contribution in [2.75, 3.05) is 19.8 Å². The number of nitrogens with zero attached hydrogens (tertiary/aromatic N) is 3. The van der Waals surface area contributed by atoms with E-state index in [9.17, 15) is 28.8 Å². The normalized spacial score (nSPS) is 10.3. The summed E-state index contributed by atoms with van der Waals surface area (Å²) in [6.45, 7) is -2.08. The van der Waals surface area contributed by atoms with E-state index in [1.54, 1.807) is 15.0 Å².